The van der Waals surface area contributed by atoms with Gasteiger partial charge in [0.2, 0.25) is 0 Å². The Labute approximate surface area is 86.6 Å². The molecule has 2 N–H and O–H groups in total. The van der Waals surface area contributed by atoms with Gasteiger partial charge >= 0.3 is 0 Å². The van der Waals surface area contributed by atoms with Gasteiger partial charge in [-0.1, -0.05) is 6.08 Å². The van der Waals surface area contributed by atoms with Crippen LogP contribution in [0.5, 0.6) is 0 Å². The lowest BCUT2D eigenvalue weighted by Crippen LogP contribution is -2.44. The molecule has 3 heteroatoms. The van der Waals surface area contributed by atoms with Gasteiger partial charge in [0.05, 0.1) is 6.17 Å². The highest BCUT2D eigenvalue weighted by atomic mass is 35.5. The molecule has 1 saturated heterocycles. The maximum Gasteiger partial charge on any atom is 0.0765 e. The van der Waals surface area contributed by atoms with Gasteiger partial charge in [0.25, 0.3) is 0 Å². The van der Waals surface area contributed by atoms with Crippen molar-refractivity contribution in [3.05, 3.63) is 11.8 Å². The smallest absolute Gasteiger partial charge is 0.0765 e. The maximum absolute atomic E-state index is 3.57. The van der Waals surface area contributed by atoms with E-state index in [-0.39, 0.29) is 12.4 Å². The predicted molar refractivity (Wildman–Crippen MR) is 58.0 cm³/mol. The van der Waals surface area contributed by atoms with Crippen LogP contribution in [0.25, 0.3) is 0 Å². The summed E-state index contributed by atoms with van der Waals surface area (Å²) < 4.78 is 0. The molecule has 1 atom stereocenters. The average molecular weight is 203 g/mol. The number of piperidine rings is 1. The predicted octanol–water partition coefficient (Wildman–Crippen LogP) is 2.17. The van der Waals surface area contributed by atoms with Crippen LogP contribution in [0.15, 0.2) is 11.8 Å². The van der Waals surface area contributed by atoms with E-state index in [9.17, 15) is 0 Å². The van der Waals surface area contributed by atoms with Crippen molar-refractivity contribution >= 4 is 12.4 Å². The molecule has 0 radical (unpaired) electrons. The first-order valence-electron chi connectivity index (χ1n) is 5.14. The average Bonchev–Trinajstić information content (AvgIpc) is 2.59. The monoisotopic (exact) mass is 202 g/mol. The van der Waals surface area contributed by atoms with E-state index in [1.54, 1.807) is 0 Å². The Morgan fingerprint density at radius 1 is 1.31 bits per heavy atom. The first-order chi connectivity index (χ1) is 5.95. The van der Waals surface area contributed by atoms with Gasteiger partial charge in [-0.3, -0.25) is 5.32 Å². The molecule has 0 amide bonds. The zero-order chi connectivity index (χ0) is 8.23. The highest BCUT2D eigenvalue weighted by molar-refractivity contribution is 5.85. The molecule has 0 aromatic carbocycles. The number of nitrogens with one attached hydrogen (secondary N) is 2. The van der Waals surface area contributed by atoms with Gasteiger partial charge in [0.1, 0.15) is 0 Å². The number of allylic oxidation sites excluding steroid dienone is 2. The van der Waals surface area contributed by atoms with E-state index in [0.717, 1.165) is 0 Å². The second-order valence-corrected chi connectivity index (χ2v) is 3.77. The zero-order valence-corrected chi connectivity index (χ0v) is 8.83. The number of halogens is 1. The largest absolute Gasteiger partial charge is 0.373 e. The molecular formula is C10H19ClN2. The first-order valence-corrected chi connectivity index (χ1v) is 5.14. The molecule has 2 rings (SSSR count). The molecule has 2 nitrogen and oxygen atoms in total. The van der Waals surface area contributed by atoms with Crippen LogP contribution in [0.3, 0.4) is 0 Å². The molecule has 2 aliphatic rings. The quantitative estimate of drug-likeness (QED) is 0.717. The minimum Gasteiger partial charge on any atom is -0.373 e. The van der Waals surface area contributed by atoms with Crippen LogP contribution in [0, 0.1) is 0 Å². The Balaban J connectivity index is 0.000000845. The minimum absolute atomic E-state index is 0. The summed E-state index contributed by atoms with van der Waals surface area (Å²) >= 11 is 0. The lowest BCUT2D eigenvalue weighted by atomic mass is 10.1. The molecule has 0 aromatic rings. The van der Waals surface area contributed by atoms with Crippen molar-refractivity contribution in [2.45, 2.75) is 44.7 Å². The molecule has 1 aliphatic heterocycles. The molecule has 76 valence electrons. The normalized spacial score (nSPS) is 27.7. The van der Waals surface area contributed by atoms with Gasteiger partial charge in [0, 0.05) is 5.70 Å². The number of hydrogen-bond acceptors (Lipinski definition) is 2. The van der Waals surface area contributed by atoms with Crippen molar-refractivity contribution < 1.29 is 0 Å². The Morgan fingerprint density at radius 2 is 2.23 bits per heavy atom. The van der Waals surface area contributed by atoms with Gasteiger partial charge in [0.15, 0.2) is 0 Å². The third kappa shape index (κ3) is 3.20. The summed E-state index contributed by atoms with van der Waals surface area (Å²) in [5.41, 5.74) is 1.47. The fourth-order valence-corrected chi connectivity index (χ4v) is 2.00. The SMILES string of the molecule is C1=C(NC2CCCCN2)CCC1.Cl. The second kappa shape index (κ2) is 5.51. The van der Waals surface area contributed by atoms with E-state index in [4.69, 9.17) is 0 Å². The van der Waals surface area contributed by atoms with Crippen LogP contribution >= 0.6 is 12.4 Å². The van der Waals surface area contributed by atoms with E-state index in [2.05, 4.69) is 16.7 Å². The molecule has 1 heterocycles. The molecule has 13 heavy (non-hydrogen) atoms. The summed E-state index contributed by atoms with van der Waals surface area (Å²) in [5.74, 6) is 0. The number of rotatable bonds is 2. The van der Waals surface area contributed by atoms with Crippen molar-refractivity contribution in [3.8, 4) is 0 Å². The summed E-state index contributed by atoms with van der Waals surface area (Å²) in [6.07, 6.45) is 10.8. The van der Waals surface area contributed by atoms with E-state index in [1.807, 2.05) is 0 Å². The van der Waals surface area contributed by atoms with Gasteiger partial charge < -0.3 is 5.32 Å². The van der Waals surface area contributed by atoms with Crippen molar-refractivity contribution in [2.75, 3.05) is 6.54 Å². The van der Waals surface area contributed by atoms with Crippen LogP contribution in [0.2, 0.25) is 0 Å². The fourth-order valence-electron chi connectivity index (χ4n) is 2.00. The summed E-state index contributed by atoms with van der Waals surface area (Å²) in [5, 5.41) is 7.06. The standard InChI is InChI=1S/C10H18N2.ClH/c1-2-6-9(5-1)12-10-7-3-4-8-11-10;/h5,10-12H,1-4,6-8H2;1H. The Kier molecular flexibility index (Phi) is 4.60. The van der Waals surface area contributed by atoms with Crippen LogP contribution in [0.1, 0.15) is 38.5 Å². The van der Waals surface area contributed by atoms with Gasteiger partial charge in [-0.05, 0) is 45.1 Å². The van der Waals surface area contributed by atoms with E-state index >= 15 is 0 Å². The van der Waals surface area contributed by atoms with Crippen LogP contribution in [-0.4, -0.2) is 12.7 Å². The summed E-state index contributed by atoms with van der Waals surface area (Å²) in [7, 11) is 0. The first kappa shape index (κ1) is 10.9. The van der Waals surface area contributed by atoms with E-state index < -0.39 is 0 Å². The summed E-state index contributed by atoms with van der Waals surface area (Å²) in [6.45, 7) is 1.19. The lowest BCUT2D eigenvalue weighted by Gasteiger charge is -2.25. The Bertz CT molecular complexity index is 174. The van der Waals surface area contributed by atoms with Gasteiger partial charge in [-0.15, -0.1) is 12.4 Å². The summed E-state index contributed by atoms with van der Waals surface area (Å²) in [6, 6.07) is 0. The molecule has 1 aliphatic carbocycles. The third-order valence-electron chi connectivity index (χ3n) is 2.71. The summed E-state index contributed by atoms with van der Waals surface area (Å²) in [4.78, 5) is 0. The Morgan fingerprint density at radius 3 is 2.85 bits per heavy atom. The molecule has 0 bridgehead atoms. The van der Waals surface area contributed by atoms with Crippen LogP contribution in [0.4, 0.5) is 0 Å². The minimum atomic E-state index is 0. The van der Waals surface area contributed by atoms with Crippen LogP contribution < -0.4 is 10.6 Å². The van der Waals surface area contributed by atoms with Crippen molar-refractivity contribution in [1.29, 1.82) is 0 Å². The molecule has 0 saturated carbocycles. The van der Waals surface area contributed by atoms with Gasteiger partial charge in [-0.25, -0.2) is 0 Å². The third-order valence-corrected chi connectivity index (χ3v) is 2.71. The fraction of sp³-hybridized carbons (Fsp3) is 0.800. The molecule has 0 spiro atoms. The molecule has 1 fully saturated rings. The van der Waals surface area contributed by atoms with Crippen LogP contribution in [-0.2, 0) is 0 Å². The molecule has 1 unspecified atom stereocenters. The Hall–Kier alpha value is -0.210. The lowest BCUT2D eigenvalue weighted by molar-refractivity contribution is 0.363. The highest BCUT2D eigenvalue weighted by Crippen LogP contribution is 2.16. The van der Waals surface area contributed by atoms with E-state index in [1.165, 1.54) is 50.8 Å². The van der Waals surface area contributed by atoms with Crippen molar-refractivity contribution in [2.24, 2.45) is 0 Å². The topological polar surface area (TPSA) is 24.1 Å². The maximum atomic E-state index is 3.57. The number of hydrogen-bond donors (Lipinski definition) is 2. The zero-order valence-electron chi connectivity index (χ0n) is 8.01. The van der Waals surface area contributed by atoms with Crippen molar-refractivity contribution in [1.82, 2.24) is 10.6 Å². The second-order valence-electron chi connectivity index (χ2n) is 3.77. The highest BCUT2D eigenvalue weighted by Gasteiger charge is 2.13. The van der Waals surface area contributed by atoms with Gasteiger partial charge in [-0.2, -0.15) is 0 Å². The van der Waals surface area contributed by atoms with Crippen molar-refractivity contribution in [3.63, 3.8) is 0 Å². The molecular weight excluding hydrogens is 184 g/mol. The molecule has 0 aromatic heterocycles. The van der Waals surface area contributed by atoms with E-state index in [0.29, 0.717) is 6.17 Å².